The van der Waals surface area contributed by atoms with Crippen LogP contribution in [0.3, 0.4) is 0 Å². The molecular weight excluding hydrogens is 413 g/mol. The van der Waals surface area contributed by atoms with Crippen molar-refractivity contribution < 1.29 is 18.8 Å². The molecule has 0 saturated carbocycles. The normalized spacial score (nSPS) is 19.6. The van der Waals surface area contributed by atoms with Crippen molar-refractivity contribution in [2.24, 2.45) is 0 Å². The number of anilines is 2. The van der Waals surface area contributed by atoms with Crippen LogP contribution in [-0.4, -0.2) is 45.3 Å². The Morgan fingerprint density at radius 1 is 1.09 bits per heavy atom. The quantitative estimate of drug-likeness (QED) is 0.688. The molecule has 3 heterocycles. The predicted molar refractivity (Wildman–Crippen MR) is 114 cm³/mol. The van der Waals surface area contributed by atoms with Crippen LogP contribution in [0.5, 0.6) is 0 Å². The molecule has 32 heavy (non-hydrogen) atoms. The van der Waals surface area contributed by atoms with Crippen LogP contribution in [0.4, 0.5) is 15.8 Å². The van der Waals surface area contributed by atoms with Crippen LogP contribution in [0, 0.1) is 5.82 Å². The zero-order valence-electron chi connectivity index (χ0n) is 17.1. The highest BCUT2D eigenvalue weighted by molar-refractivity contribution is 6.18. The molecule has 0 radical (unpaired) electrons. The van der Waals surface area contributed by atoms with Gasteiger partial charge < -0.3 is 10.2 Å². The third-order valence-electron chi connectivity index (χ3n) is 5.98. The zero-order chi connectivity index (χ0) is 22.5. The van der Waals surface area contributed by atoms with Gasteiger partial charge in [-0.15, -0.1) is 0 Å². The number of carbonyl (C=O) groups excluding carboxylic acids is 3. The third kappa shape index (κ3) is 2.85. The SMILES string of the molecule is CN1C(=O)c2ccc(-c3cncnc3)cc2N2C(=O)CCC12C(=O)Nc1cccc(F)c1. The van der Waals surface area contributed by atoms with Gasteiger partial charge in [-0.1, -0.05) is 12.1 Å². The maximum absolute atomic E-state index is 13.6. The maximum Gasteiger partial charge on any atom is 0.271 e. The molecule has 1 saturated heterocycles. The van der Waals surface area contributed by atoms with Gasteiger partial charge in [-0.3, -0.25) is 19.3 Å². The molecule has 5 rings (SSSR count). The fourth-order valence-electron chi connectivity index (χ4n) is 4.40. The molecular formula is C23H18FN5O3. The minimum atomic E-state index is -1.56. The molecule has 1 N–H and O–H groups in total. The van der Waals surface area contributed by atoms with E-state index in [0.29, 0.717) is 22.4 Å². The smallest absolute Gasteiger partial charge is 0.271 e. The van der Waals surface area contributed by atoms with Crippen LogP contribution in [0.1, 0.15) is 23.2 Å². The molecule has 2 aliphatic heterocycles. The van der Waals surface area contributed by atoms with Gasteiger partial charge in [-0.2, -0.15) is 0 Å². The highest BCUT2D eigenvalue weighted by Gasteiger charge is 2.59. The molecule has 1 unspecified atom stereocenters. The van der Waals surface area contributed by atoms with Crippen LogP contribution >= 0.6 is 0 Å². The Balaban J connectivity index is 1.63. The molecule has 8 nitrogen and oxygen atoms in total. The lowest BCUT2D eigenvalue weighted by Crippen LogP contribution is -2.68. The molecule has 1 fully saturated rings. The topological polar surface area (TPSA) is 95.5 Å². The minimum Gasteiger partial charge on any atom is -0.322 e. The van der Waals surface area contributed by atoms with E-state index in [1.54, 1.807) is 36.7 Å². The number of nitrogens with zero attached hydrogens (tertiary/aromatic N) is 4. The van der Waals surface area contributed by atoms with Crippen LogP contribution < -0.4 is 10.2 Å². The first-order valence-electron chi connectivity index (χ1n) is 9.99. The van der Waals surface area contributed by atoms with Gasteiger partial charge in [-0.25, -0.2) is 14.4 Å². The third-order valence-corrected chi connectivity index (χ3v) is 5.98. The van der Waals surface area contributed by atoms with E-state index < -0.39 is 17.4 Å². The number of fused-ring (bicyclic) bond motifs is 3. The van der Waals surface area contributed by atoms with Gasteiger partial charge in [0.1, 0.15) is 12.1 Å². The van der Waals surface area contributed by atoms with E-state index in [9.17, 15) is 18.8 Å². The molecule has 1 atom stereocenters. The van der Waals surface area contributed by atoms with Gasteiger partial charge in [0.25, 0.3) is 11.8 Å². The maximum atomic E-state index is 13.6. The second-order valence-corrected chi connectivity index (χ2v) is 7.73. The number of hydrogen-bond donors (Lipinski definition) is 1. The van der Waals surface area contributed by atoms with Crippen LogP contribution in [0.2, 0.25) is 0 Å². The highest BCUT2D eigenvalue weighted by Crippen LogP contribution is 2.45. The summed E-state index contributed by atoms with van der Waals surface area (Å²) in [5, 5.41) is 2.68. The lowest BCUT2D eigenvalue weighted by molar-refractivity contribution is -0.128. The molecule has 1 aromatic heterocycles. The van der Waals surface area contributed by atoms with E-state index in [1.165, 1.54) is 41.4 Å². The lowest BCUT2D eigenvalue weighted by atomic mass is 9.94. The van der Waals surface area contributed by atoms with Crippen molar-refractivity contribution in [2.45, 2.75) is 18.5 Å². The van der Waals surface area contributed by atoms with Crippen molar-refractivity contribution in [3.8, 4) is 11.1 Å². The molecule has 3 aromatic rings. The van der Waals surface area contributed by atoms with E-state index in [0.717, 1.165) is 0 Å². The number of halogens is 1. The van der Waals surface area contributed by atoms with Crippen molar-refractivity contribution in [2.75, 3.05) is 17.3 Å². The van der Waals surface area contributed by atoms with Crippen molar-refractivity contribution in [3.05, 3.63) is 72.6 Å². The van der Waals surface area contributed by atoms with Crippen LogP contribution in [0.15, 0.2) is 61.2 Å². The van der Waals surface area contributed by atoms with E-state index >= 15 is 0 Å². The second-order valence-electron chi connectivity index (χ2n) is 7.73. The number of aromatic nitrogens is 2. The monoisotopic (exact) mass is 431 g/mol. The average Bonchev–Trinajstić information content (AvgIpc) is 3.16. The number of benzene rings is 2. The minimum absolute atomic E-state index is 0.0896. The fraction of sp³-hybridized carbons (Fsp3) is 0.174. The van der Waals surface area contributed by atoms with Crippen molar-refractivity contribution >= 4 is 29.1 Å². The summed E-state index contributed by atoms with van der Waals surface area (Å²) in [7, 11) is 1.50. The lowest BCUT2D eigenvalue weighted by Gasteiger charge is -2.47. The number of hydrogen-bond acceptors (Lipinski definition) is 5. The molecule has 2 aliphatic rings. The van der Waals surface area contributed by atoms with E-state index in [-0.39, 0.29) is 30.3 Å². The summed E-state index contributed by atoms with van der Waals surface area (Å²) >= 11 is 0. The number of carbonyl (C=O) groups is 3. The van der Waals surface area contributed by atoms with Gasteiger partial charge >= 0.3 is 0 Å². The summed E-state index contributed by atoms with van der Waals surface area (Å²) < 4.78 is 13.6. The Morgan fingerprint density at radius 3 is 2.62 bits per heavy atom. The highest BCUT2D eigenvalue weighted by atomic mass is 19.1. The number of likely N-dealkylation sites (N-methyl/N-ethyl adjacent to an activating group) is 1. The Morgan fingerprint density at radius 2 is 1.88 bits per heavy atom. The molecule has 160 valence electrons. The molecule has 2 aromatic carbocycles. The molecule has 9 heteroatoms. The summed E-state index contributed by atoms with van der Waals surface area (Å²) in [6, 6.07) is 10.6. The number of nitrogens with one attached hydrogen (secondary N) is 1. The van der Waals surface area contributed by atoms with Crippen LogP contribution in [-0.2, 0) is 9.59 Å². The molecule has 0 bridgehead atoms. The first-order chi connectivity index (χ1) is 15.4. The Labute approximate surface area is 182 Å². The fourth-order valence-corrected chi connectivity index (χ4v) is 4.40. The first kappa shape index (κ1) is 19.8. The zero-order valence-corrected chi connectivity index (χ0v) is 17.1. The summed E-state index contributed by atoms with van der Waals surface area (Å²) in [5.74, 6) is -1.74. The Bertz CT molecular complexity index is 1270. The second kappa shape index (κ2) is 7.23. The number of rotatable bonds is 3. The first-order valence-corrected chi connectivity index (χ1v) is 9.99. The van der Waals surface area contributed by atoms with Gasteiger partial charge in [0, 0.05) is 43.5 Å². The van der Waals surface area contributed by atoms with Crippen LogP contribution in [0.25, 0.3) is 11.1 Å². The van der Waals surface area contributed by atoms with Crippen molar-refractivity contribution in [1.82, 2.24) is 14.9 Å². The molecule has 0 aliphatic carbocycles. The summed E-state index contributed by atoms with van der Waals surface area (Å²) in [6.45, 7) is 0. The van der Waals surface area contributed by atoms with Gasteiger partial charge in [0.2, 0.25) is 11.6 Å². The van der Waals surface area contributed by atoms with Gasteiger partial charge in [0.05, 0.1) is 11.3 Å². The Kier molecular flexibility index (Phi) is 4.47. The van der Waals surface area contributed by atoms with Crippen molar-refractivity contribution in [1.29, 1.82) is 0 Å². The molecule has 3 amide bonds. The summed E-state index contributed by atoms with van der Waals surface area (Å²) in [5.41, 5.74) is 0.776. The van der Waals surface area contributed by atoms with E-state index in [2.05, 4.69) is 15.3 Å². The number of amides is 3. The largest absolute Gasteiger partial charge is 0.322 e. The standard InChI is InChI=1S/C23H18FN5O3/c1-28-21(31)18-6-5-14(15-11-25-13-26-12-15)9-19(18)29-20(30)7-8-23(28,29)22(32)27-17-4-2-3-16(24)10-17/h2-6,9-13H,7-8H2,1H3,(H,27,32). The van der Waals surface area contributed by atoms with Gasteiger partial charge in [-0.05, 0) is 35.9 Å². The predicted octanol–water partition coefficient (Wildman–Crippen LogP) is 2.83. The summed E-state index contributed by atoms with van der Waals surface area (Å²) in [4.78, 5) is 50.5. The summed E-state index contributed by atoms with van der Waals surface area (Å²) in [6.07, 6.45) is 4.87. The average molecular weight is 431 g/mol. The van der Waals surface area contributed by atoms with Crippen molar-refractivity contribution in [3.63, 3.8) is 0 Å². The van der Waals surface area contributed by atoms with E-state index in [1.807, 2.05) is 0 Å². The Hall–Kier alpha value is -4.14. The van der Waals surface area contributed by atoms with E-state index in [4.69, 9.17) is 0 Å². The van der Waals surface area contributed by atoms with Gasteiger partial charge in [0.15, 0.2) is 0 Å². The molecule has 0 spiro atoms.